The Kier molecular flexibility index (Phi) is 4.47. The summed E-state index contributed by atoms with van der Waals surface area (Å²) in [6.45, 7) is 0.413. The highest BCUT2D eigenvalue weighted by atomic mass is 35.5. The molecule has 0 spiro atoms. The van der Waals surface area contributed by atoms with E-state index in [0.717, 1.165) is 5.56 Å². The van der Waals surface area contributed by atoms with Crippen LogP contribution >= 0.6 is 11.6 Å². The number of rotatable bonds is 4. The Bertz CT molecular complexity index is 549. The first-order valence-corrected chi connectivity index (χ1v) is 7.94. The molecule has 22 heavy (non-hydrogen) atoms. The van der Waals surface area contributed by atoms with E-state index in [1.54, 1.807) is 0 Å². The lowest BCUT2D eigenvalue weighted by molar-refractivity contribution is -0.195. The van der Waals surface area contributed by atoms with Gasteiger partial charge in [0.25, 0.3) is 0 Å². The molecule has 2 heterocycles. The lowest BCUT2D eigenvalue weighted by Crippen LogP contribution is -2.49. The van der Waals surface area contributed by atoms with Gasteiger partial charge in [0.2, 0.25) is 17.6 Å². The summed E-state index contributed by atoms with van der Waals surface area (Å²) in [5, 5.41) is 0. The Hall–Kier alpha value is -1.43. The van der Waals surface area contributed by atoms with Gasteiger partial charge in [-0.3, -0.25) is 14.5 Å². The van der Waals surface area contributed by atoms with E-state index in [1.807, 2.05) is 30.3 Å². The van der Waals surface area contributed by atoms with Crippen molar-refractivity contribution in [1.82, 2.24) is 4.90 Å². The quantitative estimate of drug-likeness (QED) is 0.628. The van der Waals surface area contributed by atoms with Crippen molar-refractivity contribution in [2.75, 3.05) is 19.0 Å². The monoisotopic (exact) mass is 323 g/mol. The number of hydrogen-bond donors (Lipinski definition) is 0. The van der Waals surface area contributed by atoms with Crippen molar-refractivity contribution in [3.05, 3.63) is 35.9 Å². The van der Waals surface area contributed by atoms with Gasteiger partial charge in [0, 0.05) is 18.4 Å². The second-order valence-electron chi connectivity index (χ2n) is 5.55. The number of ether oxygens (including phenoxy) is 2. The van der Waals surface area contributed by atoms with Gasteiger partial charge in [-0.2, -0.15) is 0 Å². The predicted octanol–water partition coefficient (Wildman–Crippen LogP) is 2.03. The molecule has 0 bridgehead atoms. The number of likely N-dealkylation sites (tertiary alicyclic amines) is 1. The van der Waals surface area contributed by atoms with Crippen molar-refractivity contribution in [3.63, 3.8) is 0 Å². The molecule has 0 N–H and O–H groups in total. The molecule has 3 rings (SSSR count). The molecular formula is C16H18ClNO4. The van der Waals surface area contributed by atoms with E-state index in [4.69, 9.17) is 21.1 Å². The minimum Gasteiger partial charge on any atom is -0.342 e. The number of amides is 2. The average molecular weight is 324 g/mol. The fraction of sp³-hybridized carbons (Fsp3) is 0.500. The van der Waals surface area contributed by atoms with Gasteiger partial charge in [0.15, 0.2) is 0 Å². The number of piperidine rings is 1. The van der Waals surface area contributed by atoms with E-state index in [-0.39, 0.29) is 24.5 Å². The van der Waals surface area contributed by atoms with Crippen LogP contribution in [0.3, 0.4) is 0 Å². The van der Waals surface area contributed by atoms with Crippen LogP contribution in [0.5, 0.6) is 0 Å². The summed E-state index contributed by atoms with van der Waals surface area (Å²) in [5.74, 6) is -1.17. The van der Waals surface area contributed by atoms with Crippen molar-refractivity contribution < 1.29 is 19.1 Å². The molecule has 2 atom stereocenters. The molecule has 5 nitrogen and oxygen atoms in total. The number of nitrogens with zero attached hydrogens (tertiary/aromatic N) is 1. The number of hydrogen-bond acceptors (Lipinski definition) is 4. The second kappa shape index (κ2) is 6.36. The normalized spacial score (nSPS) is 29.1. The molecular weight excluding hydrogens is 306 g/mol. The summed E-state index contributed by atoms with van der Waals surface area (Å²) in [6, 6.07) is 9.38. The standard InChI is InChI=1S/C16H18ClNO4/c17-9-13-10-21-16(22-13,12-5-2-1-3-6-12)11-18-14(19)7-4-8-15(18)20/h1-3,5-6,13H,4,7-11H2/t13-,16+/m0/s1. The third kappa shape index (κ3) is 2.89. The van der Waals surface area contributed by atoms with E-state index in [2.05, 4.69) is 0 Å². The molecule has 0 aliphatic carbocycles. The molecule has 2 fully saturated rings. The van der Waals surface area contributed by atoms with Crippen LogP contribution in [0.1, 0.15) is 24.8 Å². The molecule has 1 aromatic rings. The fourth-order valence-electron chi connectivity index (χ4n) is 2.84. The number of alkyl halides is 1. The van der Waals surface area contributed by atoms with E-state index in [0.29, 0.717) is 31.7 Å². The first-order valence-electron chi connectivity index (χ1n) is 7.41. The molecule has 2 aliphatic heterocycles. The fourth-order valence-corrected chi connectivity index (χ4v) is 2.99. The van der Waals surface area contributed by atoms with Gasteiger partial charge in [0.05, 0.1) is 25.1 Å². The summed E-state index contributed by atoms with van der Waals surface area (Å²) >= 11 is 5.87. The molecule has 0 radical (unpaired) electrons. The Labute approximate surface area is 134 Å². The first kappa shape index (κ1) is 15.5. The lowest BCUT2D eigenvalue weighted by Gasteiger charge is -2.35. The second-order valence-corrected chi connectivity index (χ2v) is 5.86. The highest BCUT2D eigenvalue weighted by molar-refractivity contribution is 6.18. The van der Waals surface area contributed by atoms with Gasteiger partial charge in [-0.15, -0.1) is 11.6 Å². The van der Waals surface area contributed by atoms with E-state index in [1.165, 1.54) is 4.90 Å². The summed E-state index contributed by atoms with van der Waals surface area (Å²) < 4.78 is 11.9. The highest BCUT2D eigenvalue weighted by Gasteiger charge is 2.46. The maximum Gasteiger partial charge on any atom is 0.229 e. The Morgan fingerprint density at radius 2 is 1.86 bits per heavy atom. The van der Waals surface area contributed by atoms with Crippen molar-refractivity contribution in [2.45, 2.75) is 31.2 Å². The zero-order chi connectivity index (χ0) is 15.6. The topological polar surface area (TPSA) is 55.8 Å². The van der Waals surface area contributed by atoms with Crippen molar-refractivity contribution in [1.29, 1.82) is 0 Å². The van der Waals surface area contributed by atoms with Gasteiger partial charge >= 0.3 is 0 Å². The van der Waals surface area contributed by atoms with E-state index >= 15 is 0 Å². The smallest absolute Gasteiger partial charge is 0.229 e. The number of benzene rings is 1. The van der Waals surface area contributed by atoms with Crippen LogP contribution in [0.15, 0.2) is 30.3 Å². The Morgan fingerprint density at radius 1 is 1.18 bits per heavy atom. The maximum absolute atomic E-state index is 12.1. The molecule has 2 saturated heterocycles. The van der Waals surface area contributed by atoms with Crippen LogP contribution in [0.2, 0.25) is 0 Å². The third-order valence-electron chi connectivity index (χ3n) is 3.99. The van der Waals surface area contributed by atoms with Gasteiger partial charge < -0.3 is 9.47 Å². The number of halogens is 1. The molecule has 0 unspecified atom stereocenters. The molecule has 0 saturated carbocycles. The third-order valence-corrected chi connectivity index (χ3v) is 4.34. The van der Waals surface area contributed by atoms with E-state index < -0.39 is 5.79 Å². The number of carbonyl (C=O) groups is 2. The highest BCUT2D eigenvalue weighted by Crippen LogP contribution is 2.36. The Morgan fingerprint density at radius 3 is 2.45 bits per heavy atom. The number of carbonyl (C=O) groups excluding carboxylic acids is 2. The lowest BCUT2D eigenvalue weighted by atomic mass is 10.0. The molecule has 118 valence electrons. The first-order chi connectivity index (χ1) is 10.6. The molecule has 1 aromatic carbocycles. The van der Waals surface area contributed by atoms with Gasteiger partial charge in [0.1, 0.15) is 0 Å². The predicted molar refractivity (Wildman–Crippen MR) is 80.2 cm³/mol. The van der Waals surface area contributed by atoms with Crippen LogP contribution in [0.25, 0.3) is 0 Å². The molecule has 0 aromatic heterocycles. The van der Waals surface area contributed by atoms with Crippen LogP contribution in [0, 0.1) is 0 Å². The average Bonchev–Trinajstić information content (AvgIpc) is 2.97. The van der Waals surface area contributed by atoms with Crippen molar-refractivity contribution >= 4 is 23.4 Å². The van der Waals surface area contributed by atoms with Crippen LogP contribution < -0.4 is 0 Å². The van der Waals surface area contributed by atoms with Crippen LogP contribution in [0.4, 0.5) is 0 Å². The van der Waals surface area contributed by atoms with Crippen LogP contribution in [-0.4, -0.2) is 41.8 Å². The summed E-state index contributed by atoms with van der Waals surface area (Å²) in [4.78, 5) is 25.4. The summed E-state index contributed by atoms with van der Waals surface area (Å²) in [5.41, 5.74) is 0.786. The zero-order valence-corrected chi connectivity index (χ0v) is 12.9. The van der Waals surface area contributed by atoms with Gasteiger partial charge in [-0.25, -0.2) is 0 Å². The van der Waals surface area contributed by atoms with Gasteiger partial charge in [-0.1, -0.05) is 30.3 Å². The largest absolute Gasteiger partial charge is 0.342 e. The Balaban J connectivity index is 1.90. The molecule has 2 amide bonds. The van der Waals surface area contributed by atoms with E-state index in [9.17, 15) is 9.59 Å². The van der Waals surface area contributed by atoms with Crippen molar-refractivity contribution in [3.8, 4) is 0 Å². The number of imide groups is 1. The minimum absolute atomic E-state index is 0.0715. The molecule has 2 aliphatic rings. The minimum atomic E-state index is -1.12. The van der Waals surface area contributed by atoms with Crippen LogP contribution in [-0.2, 0) is 24.8 Å². The van der Waals surface area contributed by atoms with Gasteiger partial charge in [-0.05, 0) is 6.42 Å². The van der Waals surface area contributed by atoms with Crippen molar-refractivity contribution in [2.24, 2.45) is 0 Å². The maximum atomic E-state index is 12.1. The molecule has 6 heteroatoms. The summed E-state index contributed by atoms with van der Waals surface area (Å²) in [7, 11) is 0. The summed E-state index contributed by atoms with van der Waals surface area (Å²) in [6.07, 6.45) is 1.13. The SMILES string of the molecule is O=C1CCCC(=O)N1C[C@@]1(c2ccccc2)OC[C@H](CCl)O1. The zero-order valence-electron chi connectivity index (χ0n) is 12.2.